The fourth-order valence-electron chi connectivity index (χ4n) is 4.10. The molecular formula is C25H21Cl2N3O3. The molecule has 0 saturated carbocycles. The molecule has 3 heterocycles. The zero-order valence-corrected chi connectivity index (χ0v) is 19.2. The molecule has 1 saturated heterocycles. The maximum atomic E-state index is 12.9. The number of benzene rings is 2. The zero-order chi connectivity index (χ0) is 22.9. The van der Waals surface area contributed by atoms with Crippen LogP contribution in [-0.4, -0.2) is 47.0 Å². The number of carbonyl (C=O) groups excluding carboxylic acids is 1. The number of hydrogen-bond acceptors (Lipinski definition) is 6. The quantitative estimate of drug-likeness (QED) is 0.527. The summed E-state index contributed by atoms with van der Waals surface area (Å²) in [5.41, 5.74) is 1.77. The molecule has 33 heavy (non-hydrogen) atoms. The third-order valence-electron chi connectivity index (χ3n) is 5.88. The summed E-state index contributed by atoms with van der Waals surface area (Å²) in [4.78, 5) is 21.8. The number of Topliss-reactive ketones (excluding diaryl/α,β-unsaturated/α-hetero) is 1. The summed E-state index contributed by atoms with van der Waals surface area (Å²) >= 11 is 12.1. The van der Waals surface area contributed by atoms with Crippen LogP contribution in [0.1, 0.15) is 21.5 Å². The van der Waals surface area contributed by atoms with Crippen molar-refractivity contribution in [2.75, 3.05) is 31.1 Å². The van der Waals surface area contributed by atoms with Gasteiger partial charge in [-0.05, 0) is 48.0 Å². The minimum absolute atomic E-state index is 0.115. The normalized spacial score (nSPS) is 17.3. The number of ether oxygens (including phenoxy) is 1. The maximum absolute atomic E-state index is 12.9. The average molecular weight is 482 g/mol. The molecule has 1 N–H and O–H groups in total. The Morgan fingerprint density at radius 2 is 1.85 bits per heavy atom. The molecule has 0 unspecified atom stereocenters. The number of pyridine rings is 1. The second-order valence-corrected chi connectivity index (χ2v) is 8.82. The number of hydrogen-bond donors (Lipinski definition) is 1. The number of carbonyl (C=O) groups is 1. The molecule has 3 aromatic rings. The number of piperazine rings is 1. The molecule has 0 bridgehead atoms. The second kappa shape index (κ2) is 9.06. The summed E-state index contributed by atoms with van der Waals surface area (Å²) in [5.74, 6) is 1.46. The highest BCUT2D eigenvalue weighted by Crippen LogP contribution is 2.40. The van der Waals surface area contributed by atoms with Gasteiger partial charge in [-0.3, -0.25) is 9.69 Å². The summed E-state index contributed by atoms with van der Waals surface area (Å²) in [7, 11) is 0. The van der Waals surface area contributed by atoms with Crippen LogP contribution < -0.4 is 9.64 Å². The summed E-state index contributed by atoms with van der Waals surface area (Å²) in [5, 5.41) is 11.4. The lowest BCUT2D eigenvalue weighted by atomic mass is 10.0. The number of anilines is 1. The number of nitrogens with zero attached hydrogens (tertiary/aromatic N) is 3. The molecule has 0 atom stereocenters. The van der Waals surface area contributed by atoms with E-state index in [2.05, 4.69) is 14.8 Å². The van der Waals surface area contributed by atoms with E-state index in [0.29, 0.717) is 39.0 Å². The minimum Gasteiger partial charge on any atom is -0.507 e. The molecule has 8 heteroatoms. The average Bonchev–Trinajstić information content (AvgIpc) is 3.14. The Balaban J connectivity index is 1.34. The first-order chi connectivity index (χ1) is 16.0. The minimum atomic E-state index is -0.225. The van der Waals surface area contributed by atoms with Gasteiger partial charge >= 0.3 is 0 Å². The van der Waals surface area contributed by atoms with Gasteiger partial charge in [0.25, 0.3) is 0 Å². The maximum Gasteiger partial charge on any atom is 0.231 e. The number of aromatic nitrogens is 1. The van der Waals surface area contributed by atoms with Crippen LogP contribution in [0.3, 0.4) is 0 Å². The van der Waals surface area contributed by atoms with Crippen molar-refractivity contribution in [3.63, 3.8) is 0 Å². The Morgan fingerprint density at radius 1 is 1.03 bits per heavy atom. The lowest BCUT2D eigenvalue weighted by Gasteiger charge is -2.35. The first-order valence-electron chi connectivity index (χ1n) is 10.6. The fourth-order valence-corrected chi connectivity index (χ4v) is 4.41. The van der Waals surface area contributed by atoms with Crippen LogP contribution in [0, 0.1) is 0 Å². The lowest BCUT2D eigenvalue weighted by Crippen LogP contribution is -2.46. The van der Waals surface area contributed by atoms with Gasteiger partial charge in [0.2, 0.25) is 5.78 Å². The molecule has 2 aliphatic heterocycles. The summed E-state index contributed by atoms with van der Waals surface area (Å²) in [6.07, 6.45) is 3.43. The molecule has 168 valence electrons. The Bertz CT molecular complexity index is 1240. The summed E-state index contributed by atoms with van der Waals surface area (Å²) in [6, 6.07) is 14.2. The Labute approximate surface area is 201 Å². The summed E-state index contributed by atoms with van der Waals surface area (Å²) < 4.78 is 5.97. The molecule has 6 nitrogen and oxygen atoms in total. The van der Waals surface area contributed by atoms with Crippen molar-refractivity contribution in [3.8, 4) is 11.5 Å². The molecule has 0 amide bonds. The van der Waals surface area contributed by atoms with E-state index >= 15 is 0 Å². The number of phenolic OH excluding ortho intramolecular Hbond substituents is 1. The molecule has 1 aromatic heterocycles. The zero-order valence-electron chi connectivity index (χ0n) is 17.7. The van der Waals surface area contributed by atoms with Gasteiger partial charge in [-0.25, -0.2) is 4.98 Å². The Morgan fingerprint density at radius 3 is 2.58 bits per heavy atom. The van der Waals surface area contributed by atoms with Crippen LogP contribution in [-0.2, 0) is 6.54 Å². The lowest BCUT2D eigenvalue weighted by molar-refractivity contribution is 0.101. The number of ketones is 1. The van der Waals surface area contributed by atoms with Gasteiger partial charge in [0.1, 0.15) is 17.3 Å². The molecule has 0 radical (unpaired) electrons. The van der Waals surface area contributed by atoms with Crippen LogP contribution in [0.5, 0.6) is 11.5 Å². The smallest absolute Gasteiger partial charge is 0.231 e. The monoisotopic (exact) mass is 481 g/mol. The molecule has 5 rings (SSSR count). The van der Waals surface area contributed by atoms with E-state index in [1.54, 1.807) is 42.6 Å². The third-order valence-corrected chi connectivity index (χ3v) is 6.62. The molecule has 2 aliphatic rings. The van der Waals surface area contributed by atoms with E-state index in [-0.39, 0.29) is 17.3 Å². The SMILES string of the molecule is O=C1/C(=C/c2ccc(Cl)c(Cl)c2)Oc2c1ccc(O)c2CN1CCN(c2ccccn2)CC1. The third kappa shape index (κ3) is 4.42. The molecule has 0 spiro atoms. The van der Waals surface area contributed by atoms with Crippen molar-refractivity contribution in [2.24, 2.45) is 0 Å². The predicted molar refractivity (Wildman–Crippen MR) is 129 cm³/mol. The highest BCUT2D eigenvalue weighted by atomic mass is 35.5. The van der Waals surface area contributed by atoms with Crippen LogP contribution >= 0.6 is 23.2 Å². The molecular weight excluding hydrogens is 461 g/mol. The Hall–Kier alpha value is -3.06. The molecule has 2 aromatic carbocycles. The van der Waals surface area contributed by atoms with Crippen molar-refractivity contribution in [2.45, 2.75) is 6.54 Å². The number of fused-ring (bicyclic) bond motifs is 1. The molecule has 1 fully saturated rings. The van der Waals surface area contributed by atoms with Gasteiger partial charge in [-0.15, -0.1) is 0 Å². The van der Waals surface area contributed by atoms with Crippen molar-refractivity contribution >= 4 is 40.9 Å². The standard InChI is InChI=1S/C25H21Cl2N3O3/c26-19-6-4-16(13-20(19)27)14-22-24(32)17-5-7-21(31)18(25(17)33-22)15-29-9-11-30(12-10-29)23-3-1-2-8-28-23/h1-8,13-14,31H,9-12,15H2/b22-14-. The van der Waals surface area contributed by atoms with Gasteiger partial charge in [0.05, 0.1) is 21.2 Å². The van der Waals surface area contributed by atoms with Gasteiger partial charge < -0.3 is 14.7 Å². The van der Waals surface area contributed by atoms with E-state index in [4.69, 9.17) is 27.9 Å². The van der Waals surface area contributed by atoms with Gasteiger partial charge in [0, 0.05) is 38.9 Å². The number of aromatic hydroxyl groups is 1. The van der Waals surface area contributed by atoms with Crippen molar-refractivity contribution in [1.82, 2.24) is 9.88 Å². The topological polar surface area (TPSA) is 65.9 Å². The van der Waals surface area contributed by atoms with Crippen molar-refractivity contribution in [3.05, 3.63) is 87.2 Å². The largest absolute Gasteiger partial charge is 0.507 e. The molecule has 0 aliphatic carbocycles. The van der Waals surface area contributed by atoms with Gasteiger partial charge in [0.15, 0.2) is 5.76 Å². The van der Waals surface area contributed by atoms with Gasteiger partial charge in [-0.2, -0.15) is 0 Å². The van der Waals surface area contributed by atoms with E-state index in [1.807, 2.05) is 18.2 Å². The van der Waals surface area contributed by atoms with Gasteiger partial charge in [-0.1, -0.05) is 35.3 Å². The first-order valence-corrected chi connectivity index (χ1v) is 11.4. The van der Waals surface area contributed by atoms with Crippen molar-refractivity contribution in [1.29, 1.82) is 0 Å². The Kier molecular flexibility index (Phi) is 5.98. The number of allylic oxidation sites excluding steroid dienone is 1. The highest BCUT2D eigenvalue weighted by molar-refractivity contribution is 6.42. The fraction of sp³-hybridized carbons (Fsp3) is 0.200. The van der Waals surface area contributed by atoms with E-state index in [1.165, 1.54) is 0 Å². The number of phenols is 1. The van der Waals surface area contributed by atoms with Crippen LogP contribution in [0.4, 0.5) is 5.82 Å². The van der Waals surface area contributed by atoms with E-state index in [9.17, 15) is 9.90 Å². The highest BCUT2D eigenvalue weighted by Gasteiger charge is 2.32. The number of halogens is 2. The predicted octanol–water partition coefficient (Wildman–Crippen LogP) is 5.03. The van der Waals surface area contributed by atoms with Crippen molar-refractivity contribution < 1.29 is 14.6 Å². The van der Waals surface area contributed by atoms with E-state index in [0.717, 1.165) is 32.0 Å². The van der Waals surface area contributed by atoms with E-state index < -0.39 is 0 Å². The second-order valence-electron chi connectivity index (χ2n) is 8.00. The first kappa shape index (κ1) is 21.8. The summed E-state index contributed by atoms with van der Waals surface area (Å²) in [6.45, 7) is 3.75. The van der Waals surface area contributed by atoms with Crippen LogP contribution in [0.2, 0.25) is 10.0 Å². The number of rotatable bonds is 4. The van der Waals surface area contributed by atoms with Crippen LogP contribution in [0.25, 0.3) is 6.08 Å². The van der Waals surface area contributed by atoms with Crippen LogP contribution in [0.15, 0.2) is 60.5 Å².